The van der Waals surface area contributed by atoms with E-state index < -0.39 is 11.6 Å². The van der Waals surface area contributed by atoms with Crippen molar-refractivity contribution in [1.82, 2.24) is 4.98 Å². The van der Waals surface area contributed by atoms with E-state index in [1.165, 1.54) is 12.1 Å². The molecule has 0 spiro atoms. The molecule has 0 N–H and O–H groups in total. The lowest BCUT2D eigenvalue weighted by Crippen LogP contribution is -2.00. The Morgan fingerprint density at radius 1 is 0.963 bits per heavy atom. The number of aliphatic imine (C=N–C) groups is 1. The van der Waals surface area contributed by atoms with Crippen molar-refractivity contribution in [3.63, 3.8) is 0 Å². The van der Waals surface area contributed by atoms with Gasteiger partial charge in [0.2, 0.25) is 0 Å². The zero-order valence-electron chi connectivity index (χ0n) is 14.2. The summed E-state index contributed by atoms with van der Waals surface area (Å²) in [7, 11) is 0. The van der Waals surface area contributed by atoms with Gasteiger partial charge in [-0.1, -0.05) is 12.1 Å². The Hall–Kier alpha value is -3.52. The van der Waals surface area contributed by atoms with Crippen LogP contribution in [0.5, 0.6) is 5.75 Å². The Bertz CT molecular complexity index is 1060. The number of benzene rings is 2. The number of halogens is 2. The first-order chi connectivity index (χ1) is 13.2. The van der Waals surface area contributed by atoms with Crippen LogP contribution in [0.2, 0.25) is 0 Å². The average molecular weight is 360 g/mol. The average Bonchev–Trinajstić information content (AvgIpc) is 3.07. The molecule has 2 aromatic carbocycles. The van der Waals surface area contributed by atoms with Gasteiger partial charge in [-0.05, 0) is 59.4 Å². The highest BCUT2D eigenvalue weighted by Crippen LogP contribution is 2.25. The third-order valence-corrected chi connectivity index (χ3v) is 4.05. The maximum atomic E-state index is 13.3. The zero-order valence-corrected chi connectivity index (χ0v) is 14.2. The zero-order chi connectivity index (χ0) is 18.6. The molecule has 3 nitrogen and oxygen atoms in total. The quantitative estimate of drug-likeness (QED) is 0.653. The lowest BCUT2D eigenvalue weighted by atomic mass is 10.1. The molecule has 0 aliphatic carbocycles. The molecule has 1 aliphatic rings. The van der Waals surface area contributed by atoms with Gasteiger partial charge in [0.15, 0.2) is 0 Å². The minimum Gasteiger partial charge on any atom is -0.489 e. The van der Waals surface area contributed by atoms with E-state index in [1.54, 1.807) is 6.20 Å². The molecule has 1 aromatic heterocycles. The van der Waals surface area contributed by atoms with Crippen molar-refractivity contribution in [2.24, 2.45) is 4.99 Å². The lowest BCUT2D eigenvalue weighted by Gasteiger charge is -2.08. The van der Waals surface area contributed by atoms with E-state index in [2.05, 4.69) is 21.8 Å². The number of hydrogen-bond donors (Lipinski definition) is 0. The fourth-order valence-corrected chi connectivity index (χ4v) is 2.78. The summed E-state index contributed by atoms with van der Waals surface area (Å²) in [4.78, 5) is 8.64. The fraction of sp³-hybridized carbons (Fsp3) is 0.0909. The summed E-state index contributed by atoms with van der Waals surface area (Å²) in [5, 5.41) is 0. The van der Waals surface area contributed by atoms with Crippen molar-refractivity contribution < 1.29 is 13.5 Å². The molecule has 132 valence electrons. The van der Waals surface area contributed by atoms with Gasteiger partial charge in [0.1, 0.15) is 35.4 Å². The smallest absolute Gasteiger partial charge is 0.126 e. The van der Waals surface area contributed by atoms with Gasteiger partial charge < -0.3 is 4.74 Å². The summed E-state index contributed by atoms with van der Waals surface area (Å²) in [6, 6.07) is 14.5. The van der Waals surface area contributed by atoms with Crippen LogP contribution in [-0.2, 0) is 13.2 Å². The molecule has 0 radical (unpaired) electrons. The molecular formula is C22H14F2N2O. The number of nitrogens with zero attached hydrogens (tertiary/aromatic N) is 2. The van der Waals surface area contributed by atoms with Gasteiger partial charge in [0.25, 0.3) is 0 Å². The van der Waals surface area contributed by atoms with Crippen LogP contribution in [0.4, 0.5) is 8.78 Å². The number of fused-ring (bicyclic) bond motifs is 1. The summed E-state index contributed by atoms with van der Waals surface area (Å²) >= 11 is 0. The molecule has 5 heteroatoms. The summed E-state index contributed by atoms with van der Waals surface area (Å²) in [5.74, 6) is 5.40. The first-order valence-electron chi connectivity index (χ1n) is 8.36. The Morgan fingerprint density at radius 2 is 1.81 bits per heavy atom. The summed E-state index contributed by atoms with van der Waals surface area (Å²) < 4.78 is 32.2. The third kappa shape index (κ3) is 4.01. The predicted molar refractivity (Wildman–Crippen MR) is 98.5 cm³/mol. The van der Waals surface area contributed by atoms with Crippen LogP contribution in [-0.4, -0.2) is 10.7 Å². The molecule has 0 fully saturated rings. The number of hydrogen-bond acceptors (Lipinski definition) is 3. The Balaban J connectivity index is 1.52. The molecule has 0 amide bonds. The van der Waals surface area contributed by atoms with Crippen LogP contribution in [0.1, 0.15) is 22.4 Å². The summed E-state index contributed by atoms with van der Waals surface area (Å²) in [6.45, 7) is 0.635. The minimum atomic E-state index is -0.623. The second kappa shape index (κ2) is 7.38. The van der Waals surface area contributed by atoms with Crippen LogP contribution in [0.15, 0.2) is 65.8 Å². The second-order valence-corrected chi connectivity index (χ2v) is 6.02. The standard InChI is InChI=1S/C22H14F2N2O/c23-17-9-15(10-18(24)11-17)14-27-20-6-4-16-13-26-22(21(16)12-20)7-5-19-3-1-2-8-25-19/h1-4,6,8-12H,13-14H2. The van der Waals surface area contributed by atoms with Crippen molar-refractivity contribution in [2.75, 3.05) is 0 Å². The fourth-order valence-electron chi connectivity index (χ4n) is 2.78. The topological polar surface area (TPSA) is 34.5 Å². The van der Waals surface area contributed by atoms with Crippen LogP contribution < -0.4 is 4.74 Å². The first kappa shape index (κ1) is 16.9. The molecule has 27 heavy (non-hydrogen) atoms. The first-order valence-corrected chi connectivity index (χ1v) is 8.36. The van der Waals surface area contributed by atoms with E-state index in [0.29, 0.717) is 29.3 Å². The van der Waals surface area contributed by atoms with E-state index in [9.17, 15) is 8.78 Å². The van der Waals surface area contributed by atoms with Gasteiger partial charge in [0, 0.05) is 17.8 Å². The van der Waals surface area contributed by atoms with Crippen LogP contribution in [0.25, 0.3) is 0 Å². The van der Waals surface area contributed by atoms with Crippen molar-refractivity contribution in [1.29, 1.82) is 0 Å². The molecular weight excluding hydrogens is 346 g/mol. The van der Waals surface area contributed by atoms with E-state index >= 15 is 0 Å². The third-order valence-electron chi connectivity index (χ3n) is 4.05. The van der Waals surface area contributed by atoms with Crippen molar-refractivity contribution in [3.8, 4) is 17.6 Å². The highest BCUT2D eigenvalue weighted by molar-refractivity contribution is 6.15. The number of rotatable bonds is 3. The normalized spacial score (nSPS) is 12.0. The van der Waals surface area contributed by atoms with Crippen molar-refractivity contribution in [3.05, 3.63) is 94.8 Å². The molecule has 0 saturated heterocycles. The summed E-state index contributed by atoms with van der Waals surface area (Å²) in [5.41, 5.74) is 3.75. The van der Waals surface area contributed by atoms with Gasteiger partial charge in [-0.15, -0.1) is 0 Å². The Kier molecular flexibility index (Phi) is 4.63. The Labute approximate surface area is 155 Å². The highest BCUT2D eigenvalue weighted by Gasteiger charge is 2.15. The van der Waals surface area contributed by atoms with Crippen LogP contribution in [0.3, 0.4) is 0 Å². The number of pyridine rings is 1. The van der Waals surface area contributed by atoms with Gasteiger partial charge in [0.05, 0.1) is 6.54 Å². The van der Waals surface area contributed by atoms with Gasteiger partial charge >= 0.3 is 0 Å². The van der Waals surface area contributed by atoms with Crippen molar-refractivity contribution >= 4 is 5.71 Å². The van der Waals surface area contributed by atoms with Crippen molar-refractivity contribution in [2.45, 2.75) is 13.2 Å². The van der Waals surface area contributed by atoms with E-state index in [4.69, 9.17) is 4.74 Å². The molecule has 3 aromatic rings. The van der Waals surface area contributed by atoms with Crippen LogP contribution >= 0.6 is 0 Å². The molecule has 0 bridgehead atoms. The molecule has 0 unspecified atom stereocenters. The molecule has 4 rings (SSSR count). The largest absolute Gasteiger partial charge is 0.489 e. The number of ether oxygens (including phenoxy) is 1. The maximum absolute atomic E-state index is 13.3. The lowest BCUT2D eigenvalue weighted by molar-refractivity contribution is 0.304. The van der Waals surface area contributed by atoms with E-state index in [1.807, 2.05) is 36.4 Å². The monoisotopic (exact) mass is 360 g/mol. The molecule has 0 saturated carbocycles. The van der Waals surface area contributed by atoms with Crippen LogP contribution in [0, 0.1) is 23.5 Å². The second-order valence-electron chi connectivity index (χ2n) is 6.02. The molecule has 2 heterocycles. The minimum absolute atomic E-state index is 0.0690. The van der Waals surface area contributed by atoms with Gasteiger partial charge in [-0.25, -0.2) is 13.8 Å². The highest BCUT2D eigenvalue weighted by atomic mass is 19.1. The van der Waals surface area contributed by atoms with E-state index in [0.717, 1.165) is 17.2 Å². The maximum Gasteiger partial charge on any atom is 0.126 e. The predicted octanol–water partition coefficient (Wildman–Crippen LogP) is 4.29. The van der Waals surface area contributed by atoms with E-state index in [-0.39, 0.29) is 6.61 Å². The SMILES string of the molecule is Fc1cc(F)cc(COc2ccc3c(c2)C(C#Cc2ccccn2)=NC3)c1. The Morgan fingerprint density at radius 3 is 2.59 bits per heavy atom. The van der Waals surface area contributed by atoms with Gasteiger partial charge in [-0.3, -0.25) is 4.99 Å². The summed E-state index contributed by atoms with van der Waals surface area (Å²) in [6.07, 6.45) is 1.69. The number of aromatic nitrogens is 1. The van der Waals surface area contributed by atoms with Gasteiger partial charge in [-0.2, -0.15) is 0 Å². The molecule has 0 atom stereocenters. The molecule has 1 aliphatic heterocycles.